The van der Waals surface area contributed by atoms with Crippen LogP contribution < -0.4 is 19.6 Å². The van der Waals surface area contributed by atoms with Crippen molar-refractivity contribution in [3.63, 3.8) is 0 Å². The van der Waals surface area contributed by atoms with Crippen molar-refractivity contribution in [2.75, 3.05) is 72.0 Å². The van der Waals surface area contributed by atoms with E-state index >= 15 is 0 Å². The highest BCUT2D eigenvalue weighted by atomic mass is 35.5. The largest absolute Gasteiger partial charge is 0.367 e. The summed E-state index contributed by atoms with van der Waals surface area (Å²) >= 11 is 12.2. The van der Waals surface area contributed by atoms with Crippen LogP contribution in [0.1, 0.15) is 15.9 Å². The fourth-order valence-electron chi connectivity index (χ4n) is 7.27. The van der Waals surface area contributed by atoms with Gasteiger partial charge in [-0.15, -0.1) is 0 Å². The molecule has 2 aliphatic rings. The molecule has 0 bridgehead atoms. The standard InChI is InChI=1S/C37H28Cl2F2N10O5/c38-27-17-29-25(15-33(27)50(53)54)36(44-19-42-29)48-9-5-46(6-10-48)31-13-21(40)1-3-23(31)35(52)24-4-2-22(41)14-32(24)47-7-11-49(12-8-47)37-26-16-34(51(55)56)28(39)18-30(26)43-20-45-37/h1-4,13-20H,5-12H2. The zero-order valence-corrected chi connectivity index (χ0v) is 30.6. The molecule has 0 spiro atoms. The van der Waals surface area contributed by atoms with E-state index in [1.165, 1.54) is 73.3 Å². The van der Waals surface area contributed by atoms with Gasteiger partial charge < -0.3 is 19.6 Å². The Morgan fingerprint density at radius 3 is 1.32 bits per heavy atom. The van der Waals surface area contributed by atoms with Crippen molar-refractivity contribution in [2.45, 2.75) is 0 Å². The summed E-state index contributed by atoms with van der Waals surface area (Å²) in [6, 6.07) is 13.4. The number of halogens is 4. The van der Waals surface area contributed by atoms with Gasteiger partial charge in [0.05, 0.1) is 32.3 Å². The summed E-state index contributed by atoms with van der Waals surface area (Å²) in [4.78, 5) is 61.4. The first kappa shape index (κ1) is 36.6. The Morgan fingerprint density at radius 1 is 0.571 bits per heavy atom. The number of piperazine rings is 2. The number of carbonyl (C=O) groups is 1. The number of benzene rings is 4. The molecule has 0 N–H and O–H groups in total. The minimum Gasteiger partial charge on any atom is -0.367 e. The molecule has 4 aromatic carbocycles. The van der Waals surface area contributed by atoms with Gasteiger partial charge in [0.2, 0.25) is 0 Å². The highest BCUT2D eigenvalue weighted by Crippen LogP contribution is 2.36. The molecule has 2 saturated heterocycles. The molecule has 284 valence electrons. The van der Waals surface area contributed by atoms with Gasteiger partial charge in [0.25, 0.3) is 11.4 Å². The summed E-state index contributed by atoms with van der Waals surface area (Å²) in [6.07, 6.45) is 2.72. The molecule has 15 nitrogen and oxygen atoms in total. The number of nitro benzene ring substituents is 2. The van der Waals surface area contributed by atoms with Crippen molar-refractivity contribution in [3.8, 4) is 0 Å². The van der Waals surface area contributed by atoms with Crippen molar-refractivity contribution >= 4 is 85.2 Å². The molecule has 19 heteroatoms. The maximum atomic E-state index is 14.9. The number of hydrogen-bond acceptors (Lipinski definition) is 13. The first-order valence-electron chi connectivity index (χ1n) is 17.3. The lowest BCUT2D eigenvalue weighted by Crippen LogP contribution is -2.47. The molecule has 56 heavy (non-hydrogen) atoms. The Labute approximate surface area is 326 Å². The van der Waals surface area contributed by atoms with Crippen molar-refractivity contribution in [1.82, 2.24) is 19.9 Å². The van der Waals surface area contributed by atoms with Crippen LogP contribution in [0.5, 0.6) is 0 Å². The summed E-state index contributed by atoms with van der Waals surface area (Å²) < 4.78 is 29.7. The molecule has 4 heterocycles. The van der Waals surface area contributed by atoms with Crippen LogP contribution in [0.2, 0.25) is 10.0 Å². The number of nitro groups is 2. The van der Waals surface area contributed by atoms with Crippen molar-refractivity contribution in [2.24, 2.45) is 0 Å². The molecule has 0 radical (unpaired) electrons. The molecular weight excluding hydrogens is 773 g/mol. The van der Waals surface area contributed by atoms with Gasteiger partial charge >= 0.3 is 0 Å². The predicted molar refractivity (Wildman–Crippen MR) is 207 cm³/mol. The van der Waals surface area contributed by atoms with Crippen LogP contribution in [0, 0.1) is 31.9 Å². The SMILES string of the molecule is O=C(c1ccc(F)cc1N1CCN(c2ncnc3cc(Cl)c([N+](=O)[O-])cc23)CC1)c1ccc(F)cc1N1CCN(c2ncnc3cc(Cl)c([N+](=O)[O-])cc23)CC1. The van der Waals surface area contributed by atoms with E-state index in [1.54, 1.807) is 0 Å². The zero-order chi connectivity index (χ0) is 39.2. The summed E-state index contributed by atoms with van der Waals surface area (Å²) in [7, 11) is 0. The Hall–Kier alpha value is -6.33. The highest BCUT2D eigenvalue weighted by molar-refractivity contribution is 6.34. The van der Waals surface area contributed by atoms with Crippen LogP contribution in [0.3, 0.4) is 0 Å². The third kappa shape index (κ3) is 6.79. The normalized spacial score (nSPS) is 14.8. The van der Waals surface area contributed by atoms with E-state index in [0.717, 1.165) is 0 Å². The van der Waals surface area contributed by atoms with E-state index < -0.39 is 27.3 Å². The molecule has 0 amide bonds. The molecule has 0 atom stereocenters. The Bertz CT molecular complexity index is 2410. The highest BCUT2D eigenvalue weighted by Gasteiger charge is 2.29. The van der Waals surface area contributed by atoms with E-state index in [0.29, 0.717) is 97.2 Å². The minimum atomic E-state index is -0.568. The van der Waals surface area contributed by atoms with Gasteiger partial charge in [-0.05, 0) is 48.5 Å². The van der Waals surface area contributed by atoms with Crippen LogP contribution >= 0.6 is 23.2 Å². The molecule has 2 aliphatic heterocycles. The maximum Gasteiger partial charge on any atom is 0.288 e. The number of carbonyl (C=O) groups excluding carboxylic acids is 1. The van der Waals surface area contributed by atoms with Crippen molar-refractivity contribution in [3.05, 3.63) is 126 Å². The molecule has 8 rings (SSSR count). The van der Waals surface area contributed by atoms with Crippen LogP contribution in [-0.4, -0.2) is 87.9 Å². The third-order valence-corrected chi connectivity index (χ3v) is 10.6. The zero-order valence-electron chi connectivity index (χ0n) is 29.1. The van der Waals surface area contributed by atoms with Crippen LogP contribution in [0.15, 0.2) is 73.3 Å². The lowest BCUT2D eigenvalue weighted by Gasteiger charge is -2.38. The van der Waals surface area contributed by atoms with Gasteiger partial charge in [-0.25, -0.2) is 28.7 Å². The maximum absolute atomic E-state index is 14.9. The average molecular weight is 802 g/mol. The lowest BCUT2D eigenvalue weighted by atomic mass is 9.98. The molecule has 0 aliphatic carbocycles. The second kappa shape index (κ2) is 14.7. The van der Waals surface area contributed by atoms with Gasteiger partial charge in [-0.2, -0.15) is 0 Å². The van der Waals surface area contributed by atoms with E-state index in [1.807, 2.05) is 19.6 Å². The van der Waals surface area contributed by atoms with Gasteiger partial charge in [0, 0.05) is 86.4 Å². The summed E-state index contributed by atoms with van der Waals surface area (Å²) in [6.45, 7) is 2.99. The molecule has 0 saturated carbocycles. The number of ketones is 1. The van der Waals surface area contributed by atoms with Gasteiger partial charge in [-0.1, -0.05) is 23.2 Å². The fraction of sp³-hybridized carbons (Fsp3) is 0.216. The van der Waals surface area contributed by atoms with E-state index in [-0.39, 0.29) is 32.5 Å². The average Bonchev–Trinajstić information content (AvgIpc) is 3.19. The molecule has 0 unspecified atom stereocenters. The Kier molecular flexibility index (Phi) is 9.63. The molecular formula is C37H28Cl2F2N10O5. The number of nitrogens with zero attached hydrogens (tertiary/aromatic N) is 10. The smallest absolute Gasteiger partial charge is 0.288 e. The predicted octanol–water partition coefficient (Wildman–Crippen LogP) is 6.86. The monoisotopic (exact) mass is 800 g/mol. The van der Waals surface area contributed by atoms with E-state index in [4.69, 9.17) is 23.2 Å². The topological polar surface area (TPSA) is 168 Å². The van der Waals surface area contributed by atoms with Crippen molar-refractivity contribution < 1.29 is 23.4 Å². The summed E-state index contributed by atoms with van der Waals surface area (Å²) in [5, 5.41) is 24.0. The lowest BCUT2D eigenvalue weighted by molar-refractivity contribution is -0.384. The molecule has 2 fully saturated rings. The minimum absolute atomic E-state index is 0.0380. The number of rotatable bonds is 8. The summed E-state index contributed by atoms with van der Waals surface area (Å²) in [5.41, 5.74) is 1.57. The van der Waals surface area contributed by atoms with Crippen molar-refractivity contribution in [1.29, 1.82) is 0 Å². The van der Waals surface area contributed by atoms with Crippen LogP contribution in [-0.2, 0) is 0 Å². The fourth-order valence-corrected chi connectivity index (χ4v) is 7.72. The van der Waals surface area contributed by atoms with Crippen LogP contribution in [0.4, 0.5) is 43.2 Å². The molecule has 2 aromatic heterocycles. The second-order valence-corrected chi connectivity index (χ2v) is 14.0. The third-order valence-electron chi connectivity index (χ3n) is 10.0. The Morgan fingerprint density at radius 2 is 0.946 bits per heavy atom. The first-order valence-corrected chi connectivity index (χ1v) is 18.0. The number of anilines is 4. The van der Waals surface area contributed by atoms with Gasteiger partial charge in [-0.3, -0.25) is 25.0 Å². The first-order chi connectivity index (χ1) is 27.0. The molecule has 6 aromatic rings. The number of hydrogen-bond donors (Lipinski definition) is 0. The van der Waals surface area contributed by atoms with Crippen LogP contribution in [0.25, 0.3) is 21.8 Å². The number of fused-ring (bicyclic) bond motifs is 2. The van der Waals surface area contributed by atoms with Gasteiger partial charge in [0.1, 0.15) is 46.0 Å². The quantitative estimate of drug-likeness (QED) is 0.0891. The van der Waals surface area contributed by atoms with E-state index in [2.05, 4.69) is 19.9 Å². The van der Waals surface area contributed by atoms with Gasteiger partial charge in [0.15, 0.2) is 5.78 Å². The number of aromatic nitrogens is 4. The van der Waals surface area contributed by atoms with E-state index in [9.17, 15) is 33.8 Å². The Balaban J connectivity index is 1.03. The summed E-state index contributed by atoms with van der Waals surface area (Å²) in [5.74, 6) is -0.522. The second-order valence-electron chi connectivity index (χ2n) is 13.2.